The third kappa shape index (κ3) is 6.96. The molecule has 16 aromatic rings. The van der Waals surface area contributed by atoms with Crippen molar-refractivity contribution in [3.05, 3.63) is 298 Å². The monoisotopic (exact) mass is 1260 g/mol. The van der Waals surface area contributed by atoms with Crippen LogP contribution in [0.1, 0.15) is 125 Å². The van der Waals surface area contributed by atoms with E-state index in [4.69, 9.17) is 13.3 Å². The fraction of sp³-hybridized carbons (Fsp3) is 0.161. The smallest absolute Gasteiger partial charge is 0.160 e. The highest BCUT2D eigenvalue weighted by Crippen LogP contribution is 2.66. The van der Waals surface area contributed by atoms with Gasteiger partial charge in [0.15, 0.2) is 5.58 Å². The molecule has 3 heterocycles. The molecule has 0 amide bonds. The first-order chi connectivity index (χ1) is 47.4. The van der Waals surface area contributed by atoms with Gasteiger partial charge in [0.2, 0.25) is 0 Å². The highest BCUT2D eigenvalue weighted by atomic mass is 16.3. The number of anilines is 6. The van der Waals surface area contributed by atoms with E-state index in [9.17, 15) is 0 Å². The van der Waals surface area contributed by atoms with Gasteiger partial charge in [0, 0.05) is 93.4 Å². The zero-order valence-corrected chi connectivity index (χ0v) is 56.7. The van der Waals surface area contributed by atoms with Crippen molar-refractivity contribution in [3.8, 4) is 55.6 Å². The van der Waals surface area contributed by atoms with E-state index in [1.807, 2.05) is 0 Å². The lowest BCUT2D eigenvalue weighted by Gasteiger charge is -2.32. The molecule has 5 aliphatic rings. The van der Waals surface area contributed by atoms with Gasteiger partial charge in [-0.25, -0.2) is 0 Å². The highest BCUT2D eigenvalue weighted by molar-refractivity contribution is 6.22. The Bertz CT molecular complexity index is 6240. The summed E-state index contributed by atoms with van der Waals surface area (Å²) in [5.41, 5.74) is 36.4. The van der Waals surface area contributed by atoms with Gasteiger partial charge in [-0.15, -0.1) is 0 Å². The SMILES string of the molecule is CC1(C)c2cc(N(c3ccc4c(c3)C(C)(C)c3cc(N(c5ccccc5)c5ccccc5)c5oc6ccccc6c5c3-4)c3ccc4c(c3)C(C)(C)c3c5c(c6oc7ccccc7c6c3-4)-c3ccccc3C5(C)C)ccc2-c2cc3c(cc21)-c1c(ccc2oc4ccccc4c12)C3(C)C. The van der Waals surface area contributed by atoms with Crippen LogP contribution in [0.5, 0.6) is 0 Å². The number of hydrogen-bond acceptors (Lipinski definition) is 5. The molecule has 0 atom stereocenters. The zero-order valence-electron chi connectivity index (χ0n) is 56.7. The van der Waals surface area contributed by atoms with Gasteiger partial charge in [-0.05, 0) is 209 Å². The molecular formula is C93H70N2O3. The fourth-order valence-corrected chi connectivity index (χ4v) is 19.5. The van der Waals surface area contributed by atoms with E-state index in [0.717, 1.165) is 83.8 Å². The van der Waals surface area contributed by atoms with Crippen molar-refractivity contribution in [2.45, 2.75) is 96.3 Å². The molecule has 470 valence electrons. The lowest BCUT2D eigenvalue weighted by molar-refractivity contribution is 0.600. The first-order valence-electron chi connectivity index (χ1n) is 34.8. The first-order valence-corrected chi connectivity index (χ1v) is 34.8. The molecule has 3 aromatic heterocycles. The molecule has 21 rings (SSSR count). The summed E-state index contributed by atoms with van der Waals surface area (Å²) in [5.74, 6) is 0. The lowest BCUT2D eigenvalue weighted by atomic mass is 9.72. The molecule has 0 N–H and O–H groups in total. The molecule has 0 aliphatic heterocycles. The van der Waals surface area contributed by atoms with Gasteiger partial charge in [0.25, 0.3) is 0 Å². The minimum absolute atomic E-state index is 0.227. The molecule has 0 unspecified atom stereocenters. The number of hydrogen-bond donors (Lipinski definition) is 0. The van der Waals surface area contributed by atoms with Gasteiger partial charge in [-0.3, -0.25) is 0 Å². The van der Waals surface area contributed by atoms with Crippen LogP contribution in [0.2, 0.25) is 0 Å². The second-order valence-electron chi connectivity index (χ2n) is 31.0. The number of furan rings is 3. The number of nitrogens with zero attached hydrogens (tertiary/aromatic N) is 2. The maximum Gasteiger partial charge on any atom is 0.160 e. The van der Waals surface area contributed by atoms with Crippen LogP contribution in [-0.4, -0.2) is 0 Å². The largest absolute Gasteiger partial charge is 0.456 e. The van der Waals surface area contributed by atoms with Gasteiger partial charge in [-0.1, -0.05) is 209 Å². The van der Waals surface area contributed by atoms with Crippen LogP contribution in [0, 0.1) is 0 Å². The maximum atomic E-state index is 7.16. The van der Waals surface area contributed by atoms with Gasteiger partial charge >= 0.3 is 0 Å². The van der Waals surface area contributed by atoms with Crippen molar-refractivity contribution in [2.24, 2.45) is 0 Å². The molecule has 98 heavy (non-hydrogen) atoms. The van der Waals surface area contributed by atoms with E-state index >= 15 is 0 Å². The molecule has 0 spiro atoms. The second kappa shape index (κ2) is 18.7. The van der Waals surface area contributed by atoms with Crippen LogP contribution < -0.4 is 9.80 Å². The minimum atomic E-state index is -0.444. The summed E-state index contributed by atoms with van der Waals surface area (Å²) >= 11 is 0. The van der Waals surface area contributed by atoms with Crippen molar-refractivity contribution in [3.63, 3.8) is 0 Å². The van der Waals surface area contributed by atoms with Crippen molar-refractivity contribution < 1.29 is 13.3 Å². The average Bonchev–Trinajstić information content (AvgIpc) is 1.51. The minimum Gasteiger partial charge on any atom is -0.456 e. The normalized spacial score (nSPS) is 16.1. The standard InChI is InChI=1S/C93H70N2O3/c1-89(2)66-43-44-77-80(60-30-18-22-34-74(60)96-77)79(66)64-49-70-63(48-71(64)89)56-40-37-53(45-67(56)90(70,3)4)94(55-39-42-59-69(47-55)93(9,10)85-81(59)83-62-32-20-24-36-76(62)98-88(83)84-57-29-17-21-33-65(57)92(7,8)86(84)85)54-38-41-58-68(46-54)91(5,6)72-50-73(87-82(78(58)72)61-31-19-23-35-75(61)97-87)95(51-25-13-11-14-26-51)52-27-15-12-16-28-52/h11-50H,1-10H3. The maximum absolute atomic E-state index is 7.16. The van der Waals surface area contributed by atoms with E-state index < -0.39 is 10.8 Å². The van der Waals surface area contributed by atoms with E-state index in [0.29, 0.717) is 0 Å². The van der Waals surface area contributed by atoms with Crippen LogP contribution in [0.4, 0.5) is 34.1 Å². The van der Waals surface area contributed by atoms with Crippen molar-refractivity contribution in [2.75, 3.05) is 9.80 Å². The molecular weight excluding hydrogens is 1190 g/mol. The lowest BCUT2D eigenvalue weighted by Crippen LogP contribution is -2.24. The summed E-state index contributed by atoms with van der Waals surface area (Å²) in [6.07, 6.45) is 0. The summed E-state index contributed by atoms with van der Waals surface area (Å²) in [6, 6.07) is 90.5. The third-order valence-electron chi connectivity index (χ3n) is 24.1. The Balaban J connectivity index is 0.782. The van der Waals surface area contributed by atoms with Crippen molar-refractivity contribution in [1.82, 2.24) is 0 Å². The summed E-state index contributed by atoms with van der Waals surface area (Å²) in [4.78, 5) is 4.95. The number of para-hydroxylation sites is 5. The van der Waals surface area contributed by atoms with Crippen LogP contribution in [-0.2, 0) is 27.1 Å². The molecule has 5 aliphatic carbocycles. The third-order valence-corrected chi connectivity index (χ3v) is 24.1. The van der Waals surface area contributed by atoms with E-state index in [1.54, 1.807) is 0 Å². The Hall–Kier alpha value is -11.1. The number of rotatable bonds is 6. The van der Waals surface area contributed by atoms with Crippen LogP contribution in [0.15, 0.2) is 256 Å². The molecule has 13 aromatic carbocycles. The average molecular weight is 1260 g/mol. The first kappa shape index (κ1) is 56.1. The second-order valence-corrected chi connectivity index (χ2v) is 31.0. The molecule has 5 nitrogen and oxygen atoms in total. The molecule has 0 saturated carbocycles. The predicted octanol–water partition coefficient (Wildman–Crippen LogP) is 25.9. The van der Waals surface area contributed by atoms with Crippen molar-refractivity contribution >= 4 is 99.9 Å². The zero-order chi connectivity index (χ0) is 66.0. The van der Waals surface area contributed by atoms with Crippen LogP contribution in [0.3, 0.4) is 0 Å². The number of benzene rings is 13. The molecule has 0 radical (unpaired) electrons. The number of fused-ring (bicyclic) bond motifs is 29. The molecule has 0 saturated heterocycles. The topological polar surface area (TPSA) is 45.9 Å². The van der Waals surface area contributed by atoms with E-state index in [2.05, 4.69) is 322 Å². The summed E-state index contributed by atoms with van der Waals surface area (Å²) < 4.78 is 20.9. The van der Waals surface area contributed by atoms with Gasteiger partial charge in [-0.2, -0.15) is 0 Å². The quantitative estimate of drug-likeness (QED) is 0.166. The predicted molar refractivity (Wildman–Crippen MR) is 405 cm³/mol. The Morgan fingerprint density at radius 1 is 0.235 bits per heavy atom. The Morgan fingerprint density at radius 2 is 0.663 bits per heavy atom. The Morgan fingerprint density at radius 3 is 1.31 bits per heavy atom. The molecule has 5 heteroatoms. The van der Waals surface area contributed by atoms with Gasteiger partial charge < -0.3 is 23.1 Å². The van der Waals surface area contributed by atoms with E-state index in [-0.39, 0.29) is 16.2 Å². The van der Waals surface area contributed by atoms with Gasteiger partial charge in [0.1, 0.15) is 27.9 Å². The van der Waals surface area contributed by atoms with E-state index in [1.165, 1.54) is 127 Å². The molecule has 0 fully saturated rings. The van der Waals surface area contributed by atoms with Crippen molar-refractivity contribution in [1.29, 1.82) is 0 Å². The van der Waals surface area contributed by atoms with Gasteiger partial charge in [0.05, 0.1) is 5.69 Å². The van der Waals surface area contributed by atoms with Crippen LogP contribution in [0.25, 0.3) is 121 Å². The summed E-state index contributed by atoms with van der Waals surface area (Å²) in [7, 11) is 0. The molecule has 0 bridgehead atoms. The fourth-order valence-electron chi connectivity index (χ4n) is 19.5. The highest BCUT2D eigenvalue weighted by Gasteiger charge is 2.50. The summed E-state index contributed by atoms with van der Waals surface area (Å²) in [6.45, 7) is 24.4. The van der Waals surface area contributed by atoms with Crippen LogP contribution >= 0.6 is 0 Å². The Kier molecular flexibility index (Phi) is 10.7. The summed E-state index contributed by atoms with van der Waals surface area (Å²) in [5, 5.41) is 6.99. The Labute approximate surface area is 569 Å².